The lowest BCUT2D eigenvalue weighted by Crippen LogP contribution is -2.03. The topological polar surface area (TPSA) is 144 Å². The second-order valence-corrected chi connectivity index (χ2v) is 5.51. The molecule has 0 fully saturated rings. The van der Waals surface area contributed by atoms with Crippen LogP contribution in [0.5, 0.6) is 0 Å². The van der Waals surface area contributed by atoms with Gasteiger partial charge in [-0.05, 0) is 25.1 Å². The molecular formula is C9H12NO7S2-. The first-order valence-electron chi connectivity index (χ1n) is 4.80. The molecule has 1 unspecified atom stereocenters. The van der Waals surface area contributed by atoms with Crippen LogP contribution in [0.15, 0.2) is 24.3 Å². The Bertz CT molecular complexity index is 555. The van der Waals surface area contributed by atoms with Gasteiger partial charge in [-0.1, -0.05) is 6.07 Å². The Morgan fingerprint density at radius 3 is 2.37 bits per heavy atom. The Labute approximate surface area is 112 Å². The third kappa shape index (κ3) is 9.13. The number of nitrogens with one attached hydrogen (secondary N) is 1. The average molecular weight is 310 g/mol. The van der Waals surface area contributed by atoms with Gasteiger partial charge in [0.15, 0.2) is 0 Å². The van der Waals surface area contributed by atoms with E-state index in [2.05, 4.69) is 4.72 Å². The number of carbonyl (C=O) groups is 1. The normalized spacial score (nSPS) is 11.9. The van der Waals surface area contributed by atoms with Crippen molar-refractivity contribution in [1.29, 1.82) is 0 Å². The first-order chi connectivity index (χ1) is 8.65. The molecule has 0 amide bonds. The molecule has 0 radical (unpaired) electrons. The Kier molecular flexibility index (Phi) is 7.22. The van der Waals surface area contributed by atoms with Crippen LogP contribution in [0.1, 0.15) is 17.3 Å². The van der Waals surface area contributed by atoms with Gasteiger partial charge in [0, 0.05) is 17.0 Å². The first kappa shape index (κ1) is 17.5. The summed E-state index contributed by atoms with van der Waals surface area (Å²) in [6, 6.07) is 5.53. The second-order valence-electron chi connectivity index (χ2n) is 3.09. The Hall–Kier alpha value is -1.49. The van der Waals surface area contributed by atoms with Crippen LogP contribution >= 0.6 is 0 Å². The lowest BCUT2D eigenvalue weighted by atomic mass is 10.2. The molecule has 1 atom stereocenters. The molecule has 0 bridgehead atoms. The van der Waals surface area contributed by atoms with Crippen molar-refractivity contribution >= 4 is 33.0 Å². The van der Waals surface area contributed by atoms with Gasteiger partial charge in [-0.2, -0.15) is 8.42 Å². The smallest absolute Gasteiger partial charge is 0.335 e. The van der Waals surface area contributed by atoms with Crippen molar-refractivity contribution in [3.8, 4) is 0 Å². The van der Waals surface area contributed by atoms with Gasteiger partial charge in [0.2, 0.25) is 0 Å². The van der Waals surface area contributed by atoms with Crippen molar-refractivity contribution in [2.75, 3.05) is 10.5 Å². The van der Waals surface area contributed by atoms with E-state index in [0.717, 1.165) is 0 Å². The summed E-state index contributed by atoms with van der Waals surface area (Å²) < 4.78 is 49.3. The average Bonchev–Trinajstić information content (AvgIpc) is 2.28. The van der Waals surface area contributed by atoms with E-state index in [4.69, 9.17) is 9.66 Å². The van der Waals surface area contributed by atoms with Crippen molar-refractivity contribution in [3.63, 3.8) is 0 Å². The van der Waals surface area contributed by atoms with Crippen molar-refractivity contribution in [3.05, 3.63) is 29.8 Å². The number of rotatable bonds is 4. The zero-order valence-corrected chi connectivity index (χ0v) is 11.4. The van der Waals surface area contributed by atoms with E-state index in [1.54, 1.807) is 0 Å². The fraction of sp³-hybridized carbons (Fsp3) is 0.222. The molecule has 0 aliphatic heterocycles. The minimum atomic E-state index is -3.66. The van der Waals surface area contributed by atoms with Gasteiger partial charge in [0.05, 0.1) is 11.3 Å². The van der Waals surface area contributed by atoms with Crippen molar-refractivity contribution < 1.29 is 31.6 Å². The van der Waals surface area contributed by atoms with E-state index < -0.39 is 27.4 Å². The molecule has 108 valence electrons. The maximum Gasteiger partial charge on any atom is 0.335 e. The van der Waals surface area contributed by atoms with Crippen LogP contribution in [0.3, 0.4) is 0 Å². The van der Waals surface area contributed by atoms with Gasteiger partial charge in [0.25, 0.3) is 10.1 Å². The van der Waals surface area contributed by atoms with Crippen LogP contribution in [0.25, 0.3) is 0 Å². The highest BCUT2D eigenvalue weighted by atomic mass is 32.2. The largest absolute Gasteiger partial charge is 0.755 e. The van der Waals surface area contributed by atoms with E-state index in [9.17, 15) is 22.0 Å². The zero-order chi connectivity index (χ0) is 15.1. The van der Waals surface area contributed by atoms with Gasteiger partial charge in [-0.25, -0.2) is 4.79 Å². The lowest BCUT2D eigenvalue weighted by Gasteiger charge is -2.08. The van der Waals surface area contributed by atoms with Crippen LogP contribution < -0.4 is 4.72 Å². The van der Waals surface area contributed by atoms with E-state index in [1.165, 1.54) is 31.2 Å². The number of hydrogen-bond donors (Lipinski definition) is 3. The summed E-state index contributed by atoms with van der Waals surface area (Å²) in [7, 11) is -3.66. The van der Waals surface area contributed by atoms with Crippen LogP contribution in [-0.4, -0.2) is 38.6 Å². The number of carboxylic acid groups (broad SMARTS) is 1. The predicted octanol–water partition coefficient (Wildman–Crippen LogP) is 0.485. The SMILES string of the molecule is CCS(=O)(=O)O.O=C(O)c1cccc(NS(=O)[O-])c1. The number of aromatic carboxylic acids is 1. The quantitative estimate of drug-likeness (QED) is 0.542. The molecule has 0 spiro atoms. The molecule has 0 saturated carbocycles. The fourth-order valence-electron chi connectivity index (χ4n) is 0.812. The maximum atomic E-state index is 10.5. The van der Waals surface area contributed by atoms with Gasteiger partial charge in [-0.15, -0.1) is 0 Å². The molecule has 19 heavy (non-hydrogen) atoms. The third-order valence-corrected chi connectivity index (χ3v) is 2.81. The van der Waals surface area contributed by atoms with Crippen molar-refractivity contribution in [2.24, 2.45) is 0 Å². The lowest BCUT2D eigenvalue weighted by molar-refractivity contribution is 0.0697. The zero-order valence-electron chi connectivity index (χ0n) is 9.77. The Morgan fingerprint density at radius 1 is 1.47 bits per heavy atom. The molecule has 0 saturated heterocycles. The highest BCUT2D eigenvalue weighted by Crippen LogP contribution is 2.10. The van der Waals surface area contributed by atoms with Crippen molar-refractivity contribution in [2.45, 2.75) is 6.92 Å². The molecule has 3 N–H and O–H groups in total. The first-order valence-corrected chi connectivity index (χ1v) is 7.48. The molecule has 1 aromatic carbocycles. The van der Waals surface area contributed by atoms with Crippen molar-refractivity contribution in [1.82, 2.24) is 0 Å². The monoisotopic (exact) mass is 310 g/mol. The summed E-state index contributed by atoms with van der Waals surface area (Å²) in [5.41, 5.74) is 0.267. The number of anilines is 1. The van der Waals surface area contributed by atoms with E-state index in [0.29, 0.717) is 0 Å². The van der Waals surface area contributed by atoms with Gasteiger partial charge >= 0.3 is 5.97 Å². The Morgan fingerprint density at radius 2 is 2.00 bits per heavy atom. The summed E-state index contributed by atoms with van der Waals surface area (Å²) in [5, 5.41) is 8.56. The number of benzene rings is 1. The van der Waals surface area contributed by atoms with Gasteiger partial charge in [0.1, 0.15) is 0 Å². The summed E-state index contributed by atoms with van der Waals surface area (Å²) in [4.78, 5) is 10.5. The summed E-state index contributed by atoms with van der Waals surface area (Å²) in [6.07, 6.45) is 0. The fourth-order valence-corrected chi connectivity index (χ4v) is 1.13. The molecule has 0 aliphatic carbocycles. The summed E-state index contributed by atoms with van der Waals surface area (Å²) in [6.45, 7) is 1.37. The Balaban J connectivity index is 0.000000459. The van der Waals surface area contributed by atoms with Crippen LogP contribution in [0.2, 0.25) is 0 Å². The highest BCUT2D eigenvalue weighted by Gasteiger charge is 2.02. The molecule has 1 rings (SSSR count). The van der Waals surface area contributed by atoms with Gasteiger partial charge in [-0.3, -0.25) is 8.76 Å². The number of hydrogen-bond acceptors (Lipinski definition) is 5. The molecule has 0 aliphatic rings. The van der Waals surface area contributed by atoms with E-state index in [1.807, 2.05) is 0 Å². The van der Waals surface area contributed by atoms with E-state index in [-0.39, 0.29) is 17.0 Å². The minimum Gasteiger partial charge on any atom is -0.755 e. The molecule has 10 heteroatoms. The van der Waals surface area contributed by atoms with Gasteiger partial charge < -0.3 is 14.4 Å². The third-order valence-electron chi connectivity index (χ3n) is 1.68. The molecule has 8 nitrogen and oxygen atoms in total. The molecule has 0 aromatic heterocycles. The maximum absolute atomic E-state index is 10.5. The van der Waals surface area contributed by atoms with Crippen LogP contribution in [-0.2, 0) is 21.4 Å². The minimum absolute atomic E-state index is 0.0375. The highest BCUT2D eigenvalue weighted by molar-refractivity contribution is 7.85. The number of carboxylic acids is 1. The van der Waals surface area contributed by atoms with Crippen LogP contribution in [0, 0.1) is 0 Å². The van der Waals surface area contributed by atoms with Crippen LogP contribution in [0.4, 0.5) is 5.69 Å². The predicted molar refractivity (Wildman–Crippen MR) is 68.0 cm³/mol. The molecular weight excluding hydrogens is 298 g/mol. The molecule has 1 aromatic rings. The summed E-state index contributed by atoms with van der Waals surface area (Å²) in [5.74, 6) is -1.30. The summed E-state index contributed by atoms with van der Waals surface area (Å²) >= 11 is -2.43. The van der Waals surface area contributed by atoms with E-state index >= 15 is 0 Å². The standard InChI is InChI=1S/C7H7NO4S.C2H6O3S/c9-7(10)5-2-1-3-6(4-5)8-13(11)12;1-2-6(3,4)5/h1-4,8H,(H,9,10)(H,11,12);2H2,1H3,(H,3,4,5)/p-1. The second kappa shape index (κ2) is 7.84. The molecule has 0 heterocycles.